The lowest BCUT2D eigenvalue weighted by atomic mass is 10.1. The summed E-state index contributed by atoms with van der Waals surface area (Å²) in [5.74, 6) is -0.622. The van der Waals surface area contributed by atoms with E-state index >= 15 is 0 Å². The Labute approximate surface area is 155 Å². The molecule has 0 fully saturated rings. The third-order valence-corrected chi connectivity index (χ3v) is 4.37. The van der Waals surface area contributed by atoms with Crippen LogP contribution in [0, 0.1) is 5.82 Å². The van der Waals surface area contributed by atoms with Crippen molar-refractivity contribution < 1.29 is 13.9 Å². The van der Waals surface area contributed by atoms with Gasteiger partial charge in [0.05, 0.1) is 22.0 Å². The number of methoxy groups -OCH3 is 1. The molecule has 1 N–H and O–H groups in total. The Kier molecular flexibility index (Phi) is 6.50. The van der Waals surface area contributed by atoms with Crippen molar-refractivity contribution in [2.75, 3.05) is 12.4 Å². The summed E-state index contributed by atoms with van der Waals surface area (Å²) in [5, 5.41) is 6.96. The number of aryl methyl sites for hydroxylation is 1. The van der Waals surface area contributed by atoms with Crippen molar-refractivity contribution in [2.45, 2.75) is 32.4 Å². The maximum atomic E-state index is 13.2. The van der Waals surface area contributed by atoms with Crippen LogP contribution in [0.1, 0.15) is 25.8 Å². The number of ether oxygens (including phenoxy) is 1. The van der Waals surface area contributed by atoms with Gasteiger partial charge in [-0.1, -0.05) is 6.07 Å². The van der Waals surface area contributed by atoms with E-state index in [-0.39, 0.29) is 17.3 Å². The molecule has 25 heavy (non-hydrogen) atoms. The summed E-state index contributed by atoms with van der Waals surface area (Å²) in [6.07, 6.45) is 7.18. The molecule has 2 rings (SSSR count). The molecule has 0 unspecified atom stereocenters. The fourth-order valence-electron chi connectivity index (χ4n) is 2.01. The van der Waals surface area contributed by atoms with Gasteiger partial charge in [-0.25, -0.2) is 4.39 Å². The Morgan fingerprint density at radius 2 is 2.24 bits per heavy atom. The summed E-state index contributed by atoms with van der Waals surface area (Å²) < 4.78 is 20.7. The maximum Gasteiger partial charge on any atom is 0.248 e. The number of benzene rings is 1. The number of carbonyl (C=O) groups is 1. The van der Waals surface area contributed by atoms with Gasteiger partial charge < -0.3 is 10.1 Å². The lowest BCUT2D eigenvalue weighted by Crippen LogP contribution is -2.24. The molecule has 1 aromatic carbocycles. The molecule has 0 saturated carbocycles. The van der Waals surface area contributed by atoms with Crippen molar-refractivity contribution in [1.82, 2.24) is 9.78 Å². The first kappa shape index (κ1) is 19.3. The number of nitrogens with one attached hydrogen (secondary N) is 1. The fraction of sp³-hybridized carbons (Fsp3) is 0.333. The minimum Gasteiger partial charge on any atom is -0.379 e. The lowest BCUT2D eigenvalue weighted by Gasteiger charge is -2.22. The largest absolute Gasteiger partial charge is 0.379 e. The Hall–Kier alpha value is -1.99. The SMILES string of the molecule is COC(C)(C)CCn1cc(NC(=O)C=Cc2ccc(F)c(Br)c2)cn1. The van der Waals surface area contributed by atoms with Crippen molar-refractivity contribution >= 4 is 33.6 Å². The van der Waals surface area contributed by atoms with Gasteiger partial charge in [-0.05, 0) is 60.0 Å². The van der Waals surface area contributed by atoms with Gasteiger partial charge in [-0.3, -0.25) is 9.48 Å². The van der Waals surface area contributed by atoms with Crippen LogP contribution >= 0.6 is 15.9 Å². The summed E-state index contributed by atoms with van der Waals surface area (Å²) in [4.78, 5) is 12.0. The zero-order chi connectivity index (χ0) is 18.4. The highest BCUT2D eigenvalue weighted by Gasteiger charge is 2.16. The highest BCUT2D eigenvalue weighted by Crippen LogP contribution is 2.18. The van der Waals surface area contributed by atoms with Crippen molar-refractivity contribution in [3.8, 4) is 0 Å². The Bertz CT molecular complexity index is 771. The number of nitrogens with zero attached hydrogens (tertiary/aromatic N) is 2. The van der Waals surface area contributed by atoms with Crippen LogP contribution in [0.4, 0.5) is 10.1 Å². The topological polar surface area (TPSA) is 56.1 Å². The number of hydrogen-bond acceptors (Lipinski definition) is 3. The van der Waals surface area contributed by atoms with Gasteiger partial charge in [-0.2, -0.15) is 5.10 Å². The molecule has 0 aliphatic rings. The van der Waals surface area contributed by atoms with Crippen molar-refractivity contribution in [3.63, 3.8) is 0 Å². The minimum atomic E-state index is -0.342. The average molecular weight is 410 g/mol. The third-order valence-electron chi connectivity index (χ3n) is 3.77. The number of rotatable bonds is 7. The predicted octanol–water partition coefficient (Wildman–Crippen LogP) is 4.25. The van der Waals surface area contributed by atoms with E-state index in [2.05, 4.69) is 26.3 Å². The summed E-state index contributed by atoms with van der Waals surface area (Å²) in [5.41, 5.74) is 1.12. The Balaban J connectivity index is 1.90. The number of anilines is 1. The highest BCUT2D eigenvalue weighted by atomic mass is 79.9. The quantitative estimate of drug-likeness (QED) is 0.695. The third kappa shape index (κ3) is 6.10. The standard InChI is InChI=1S/C18H21BrFN3O2/c1-18(2,25-3)8-9-23-12-14(11-21-23)22-17(24)7-5-13-4-6-16(20)15(19)10-13/h4-7,10-12H,8-9H2,1-3H3,(H,22,24). The van der Waals surface area contributed by atoms with Gasteiger partial charge in [0.2, 0.25) is 5.91 Å². The van der Waals surface area contributed by atoms with E-state index in [1.165, 1.54) is 12.1 Å². The van der Waals surface area contributed by atoms with Gasteiger partial charge in [-0.15, -0.1) is 0 Å². The summed E-state index contributed by atoms with van der Waals surface area (Å²) >= 11 is 3.11. The molecule has 7 heteroatoms. The molecule has 1 heterocycles. The first-order valence-electron chi connectivity index (χ1n) is 7.81. The van der Waals surface area contributed by atoms with Crippen LogP contribution in [-0.2, 0) is 16.1 Å². The van der Waals surface area contributed by atoms with E-state index in [0.717, 1.165) is 12.0 Å². The van der Waals surface area contributed by atoms with Crippen LogP contribution in [0.15, 0.2) is 41.1 Å². The number of aromatic nitrogens is 2. The molecule has 0 radical (unpaired) electrons. The van der Waals surface area contributed by atoms with Gasteiger partial charge in [0.25, 0.3) is 0 Å². The number of carbonyl (C=O) groups excluding carboxylic acids is 1. The van der Waals surface area contributed by atoms with E-state index in [0.29, 0.717) is 16.7 Å². The molecule has 1 amide bonds. The van der Waals surface area contributed by atoms with Crippen molar-refractivity contribution in [3.05, 3.63) is 52.5 Å². The normalized spacial score (nSPS) is 11.9. The Morgan fingerprint density at radius 1 is 1.48 bits per heavy atom. The van der Waals surface area contributed by atoms with Crippen LogP contribution in [0.25, 0.3) is 6.08 Å². The van der Waals surface area contributed by atoms with Crippen molar-refractivity contribution in [2.24, 2.45) is 0 Å². The van der Waals surface area contributed by atoms with Crippen LogP contribution in [0.5, 0.6) is 0 Å². The second kappa shape index (κ2) is 8.40. The lowest BCUT2D eigenvalue weighted by molar-refractivity contribution is -0.111. The fourth-order valence-corrected chi connectivity index (χ4v) is 2.40. The van der Waals surface area contributed by atoms with E-state index in [1.54, 1.807) is 42.4 Å². The molecule has 0 bridgehead atoms. The van der Waals surface area contributed by atoms with Gasteiger partial charge in [0.1, 0.15) is 5.82 Å². The van der Waals surface area contributed by atoms with E-state index in [9.17, 15) is 9.18 Å². The smallest absolute Gasteiger partial charge is 0.248 e. The van der Waals surface area contributed by atoms with Gasteiger partial charge >= 0.3 is 0 Å². The monoisotopic (exact) mass is 409 g/mol. The van der Waals surface area contributed by atoms with E-state index in [4.69, 9.17) is 4.74 Å². The molecule has 0 spiro atoms. The summed E-state index contributed by atoms with van der Waals surface area (Å²) in [6, 6.07) is 4.54. The first-order chi connectivity index (χ1) is 11.8. The molecule has 0 atom stereocenters. The molecule has 5 nitrogen and oxygen atoms in total. The average Bonchev–Trinajstić information content (AvgIpc) is 3.02. The second-order valence-corrected chi connectivity index (χ2v) is 7.06. The Morgan fingerprint density at radius 3 is 2.92 bits per heavy atom. The number of halogens is 2. The molecular weight excluding hydrogens is 389 g/mol. The number of hydrogen-bond donors (Lipinski definition) is 1. The zero-order valence-corrected chi connectivity index (χ0v) is 16.0. The van der Waals surface area contributed by atoms with E-state index < -0.39 is 0 Å². The molecule has 1 aromatic heterocycles. The number of amides is 1. The second-order valence-electron chi connectivity index (χ2n) is 6.20. The maximum absolute atomic E-state index is 13.2. The van der Waals surface area contributed by atoms with E-state index in [1.807, 2.05) is 13.8 Å². The zero-order valence-electron chi connectivity index (χ0n) is 14.4. The van der Waals surface area contributed by atoms with Gasteiger partial charge in [0, 0.05) is 25.9 Å². The molecule has 0 saturated heterocycles. The van der Waals surface area contributed by atoms with Gasteiger partial charge in [0.15, 0.2) is 0 Å². The van der Waals surface area contributed by atoms with Crippen LogP contribution < -0.4 is 5.32 Å². The summed E-state index contributed by atoms with van der Waals surface area (Å²) in [7, 11) is 1.68. The van der Waals surface area contributed by atoms with Crippen molar-refractivity contribution in [1.29, 1.82) is 0 Å². The molecule has 0 aliphatic heterocycles. The van der Waals surface area contributed by atoms with Crippen LogP contribution in [0.2, 0.25) is 0 Å². The van der Waals surface area contributed by atoms with Crippen LogP contribution in [-0.4, -0.2) is 28.4 Å². The molecule has 134 valence electrons. The van der Waals surface area contributed by atoms with Crippen LogP contribution in [0.3, 0.4) is 0 Å². The predicted molar refractivity (Wildman–Crippen MR) is 99.7 cm³/mol. The molecule has 0 aliphatic carbocycles. The molecule has 2 aromatic rings. The highest BCUT2D eigenvalue weighted by molar-refractivity contribution is 9.10. The summed E-state index contributed by atoms with van der Waals surface area (Å²) in [6.45, 7) is 4.71. The molecular formula is C18H21BrFN3O2. The minimum absolute atomic E-state index is 0.221. The first-order valence-corrected chi connectivity index (χ1v) is 8.60.